The van der Waals surface area contributed by atoms with E-state index in [4.69, 9.17) is 0 Å². The van der Waals surface area contributed by atoms with Crippen molar-refractivity contribution < 1.29 is 15.0 Å². The highest BCUT2D eigenvalue weighted by atomic mass is 16.3. The van der Waals surface area contributed by atoms with E-state index < -0.39 is 0 Å². The Kier molecular flexibility index (Phi) is 8.37. The van der Waals surface area contributed by atoms with Crippen molar-refractivity contribution in [1.29, 1.82) is 0 Å². The normalized spacial score (nSPS) is 31.1. The van der Waals surface area contributed by atoms with Gasteiger partial charge in [-0.05, 0) is 56.3 Å². The summed E-state index contributed by atoms with van der Waals surface area (Å²) in [6, 6.07) is 0. The number of unbranched alkanes of at least 4 members (excludes halogenated alkanes) is 1. The van der Waals surface area contributed by atoms with Crippen molar-refractivity contribution in [2.24, 2.45) is 23.7 Å². The fourth-order valence-corrected chi connectivity index (χ4v) is 5.74. The molecule has 4 heteroatoms. The molecule has 0 aromatic carbocycles. The van der Waals surface area contributed by atoms with Crippen LogP contribution < -0.4 is 0 Å². The van der Waals surface area contributed by atoms with E-state index in [1.807, 2.05) is 20.2 Å². The third-order valence-corrected chi connectivity index (χ3v) is 7.44. The zero-order valence-corrected chi connectivity index (χ0v) is 18.4. The molecule has 0 spiro atoms. The molecule has 0 radical (unpaired) electrons. The Hall–Kier alpha value is -1.13. The molecule has 4 nitrogen and oxygen atoms in total. The van der Waals surface area contributed by atoms with Gasteiger partial charge in [0.2, 0.25) is 5.91 Å². The molecule has 3 aliphatic carbocycles. The van der Waals surface area contributed by atoms with Crippen LogP contribution in [0.25, 0.3) is 0 Å². The molecule has 2 saturated carbocycles. The van der Waals surface area contributed by atoms with Crippen molar-refractivity contribution in [3.05, 3.63) is 23.8 Å². The number of fused-ring (bicyclic) bond motifs is 1. The lowest BCUT2D eigenvalue weighted by molar-refractivity contribution is -0.128. The summed E-state index contributed by atoms with van der Waals surface area (Å²) >= 11 is 0. The molecule has 29 heavy (non-hydrogen) atoms. The van der Waals surface area contributed by atoms with Crippen LogP contribution in [0.2, 0.25) is 0 Å². The third-order valence-electron chi connectivity index (χ3n) is 7.44. The molecule has 0 aromatic heterocycles. The van der Waals surface area contributed by atoms with E-state index in [0.29, 0.717) is 24.2 Å². The van der Waals surface area contributed by atoms with Crippen molar-refractivity contribution in [2.45, 2.75) is 89.3 Å². The van der Waals surface area contributed by atoms with Crippen molar-refractivity contribution in [3.63, 3.8) is 0 Å². The first-order valence-corrected chi connectivity index (χ1v) is 11.9. The maximum absolute atomic E-state index is 11.7. The molecular weight excluding hydrogens is 362 g/mol. The summed E-state index contributed by atoms with van der Waals surface area (Å²) in [4.78, 5) is 13.4. The molecule has 0 saturated heterocycles. The molecule has 2 fully saturated rings. The van der Waals surface area contributed by atoms with E-state index in [1.165, 1.54) is 37.7 Å². The van der Waals surface area contributed by atoms with Crippen LogP contribution in [0, 0.1) is 23.7 Å². The van der Waals surface area contributed by atoms with Gasteiger partial charge in [0.05, 0.1) is 12.2 Å². The lowest BCUT2D eigenvalue weighted by atomic mass is 9.84. The highest BCUT2D eigenvalue weighted by Gasteiger charge is 2.43. The van der Waals surface area contributed by atoms with Crippen LogP contribution in [0.5, 0.6) is 0 Å². The number of hydrogen-bond acceptors (Lipinski definition) is 3. The Bertz CT molecular complexity index is 591. The van der Waals surface area contributed by atoms with Gasteiger partial charge in [0.25, 0.3) is 0 Å². The molecule has 2 N–H and O–H groups in total. The predicted molar refractivity (Wildman–Crippen MR) is 117 cm³/mol. The van der Waals surface area contributed by atoms with E-state index in [-0.39, 0.29) is 24.0 Å². The van der Waals surface area contributed by atoms with E-state index in [1.54, 1.807) is 4.90 Å². The van der Waals surface area contributed by atoms with E-state index in [9.17, 15) is 15.0 Å². The number of allylic oxidation sites excluding steroid dienone is 2. The molecule has 3 aliphatic rings. The minimum Gasteiger partial charge on any atom is -0.392 e. The second kappa shape index (κ2) is 10.8. The first kappa shape index (κ1) is 22.6. The maximum atomic E-state index is 11.7. The highest BCUT2D eigenvalue weighted by Crippen LogP contribution is 2.48. The number of aliphatic hydroxyl groups is 2. The molecule has 1 amide bonds. The maximum Gasteiger partial charge on any atom is 0.222 e. The first-order valence-electron chi connectivity index (χ1n) is 11.9. The number of hydrogen-bond donors (Lipinski definition) is 2. The molecule has 5 atom stereocenters. The Morgan fingerprint density at radius 2 is 2.00 bits per heavy atom. The summed E-state index contributed by atoms with van der Waals surface area (Å²) in [6.45, 7) is 0. The number of carbonyl (C=O) groups excluding carboxylic acids is 1. The van der Waals surface area contributed by atoms with Gasteiger partial charge in [-0.15, -0.1) is 0 Å². The number of aliphatic hydroxyl groups excluding tert-OH is 2. The van der Waals surface area contributed by atoms with Gasteiger partial charge in [-0.25, -0.2) is 0 Å². The van der Waals surface area contributed by atoms with Gasteiger partial charge in [-0.1, -0.05) is 55.9 Å². The topological polar surface area (TPSA) is 60.8 Å². The van der Waals surface area contributed by atoms with Gasteiger partial charge in [0.1, 0.15) is 0 Å². The van der Waals surface area contributed by atoms with Crippen LogP contribution in [-0.4, -0.2) is 47.3 Å². The van der Waals surface area contributed by atoms with Crippen molar-refractivity contribution >= 4 is 5.91 Å². The molecule has 0 heterocycles. The molecule has 164 valence electrons. The van der Waals surface area contributed by atoms with Gasteiger partial charge < -0.3 is 15.1 Å². The number of amides is 1. The monoisotopic (exact) mass is 403 g/mol. The zero-order chi connectivity index (χ0) is 20.8. The van der Waals surface area contributed by atoms with Crippen LogP contribution in [0.3, 0.4) is 0 Å². The standard InChI is InChI=1S/C25H41NO3/c1-26(2)25(29)11-7-6-10-19-14-20-17-24(28)22(23(20)16-19)13-12-21(27)15-18-8-4-3-5-9-18/h12-14,18,20-24,27-28H,3-11,15-17H2,1-2H3/t20-,21-,22+,23-,24+/m0/s1. The molecule has 0 bridgehead atoms. The van der Waals surface area contributed by atoms with Crippen molar-refractivity contribution in [1.82, 2.24) is 4.90 Å². The summed E-state index contributed by atoms with van der Waals surface area (Å²) in [6.07, 6.45) is 18.8. The summed E-state index contributed by atoms with van der Waals surface area (Å²) in [5.41, 5.74) is 1.50. The SMILES string of the molecule is CN(C)C(=O)CCCCC1=C[C@H]2C[C@@H](O)[C@H](C=C[C@H](O)CC3CCCCC3)[C@H]2C1. The average molecular weight is 404 g/mol. The number of nitrogens with zero attached hydrogens (tertiary/aromatic N) is 1. The quantitative estimate of drug-likeness (QED) is 0.441. The van der Waals surface area contributed by atoms with Gasteiger partial charge in [0.15, 0.2) is 0 Å². The predicted octanol–water partition coefficient (Wildman–Crippen LogP) is 4.47. The molecular formula is C25H41NO3. The molecule has 0 aliphatic heterocycles. The Labute approximate surface area is 177 Å². The highest BCUT2D eigenvalue weighted by molar-refractivity contribution is 5.75. The second-order valence-corrected chi connectivity index (χ2v) is 9.92. The van der Waals surface area contributed by atoms with E-state index in [2.05, 4.69) is 12.2 Å². The smallest absolute Gasteiger partial charge is 0.222 e. The zero-order valence-electron chi connectivity index (χ0n) is 18.4. The number of rotatable bonds is 9. The molecule has 0 unspecified atom stereocenters. The lowest BCUT2D eigenvalue weighted by Gasteiger charge is -2.23. The summed E-state index contributed by atoms with van der Waals surface area (Å²) in [5.74, 6) is 2.02. The summed E-state index contributed by atoms with van der Waals surface area (Å²) in [7, 11) is 3.63. The van der Waals surface area contributed by atoms with Gasteiger partial charge >= 0.3 is 0 Å². The summed E-state index contributed by atoms with van der Waals surface area (Å²) in [5, 5.41) is 21.0. The Balaban J connectivity index is 1.42. The van der Waals surface area contributed by atoms with Crippen LogP contribution in [0.15, 0.2) is 23.8 Å². The minimum absolute atomic E-state index is 0.171. The van der Waals surface area contributed by atoms with E-state index in [0.717, 1.165) is 38.5 Å². The van der Waals surface area contributed by atoms with Crippen molar-refractivity contribution in [2.75, 3.05) is 14.1 Å². The van der Waals surface area contributed by atoms with Crippen LogP contribution >= 0.6 is 0 Å². The fraction of sp³-hybridized carbons (Fsp3) is 0.800. The van der Waals surface area contributed by atoms with Crippen LogP contribution in [-0.2, 0) is 4.79 Å². The minimum atomic E-state index is -0.368. The van der Waals surface area contributed by atoms with Crippen LogP contribution in [0.1, 0.15) is 77.0 Å². The third kappa shape index (κ3) is 6.42. The average Bonchev–Trinajstić information content (AvgIpc) is 3.20. The Morgan fingerprint density at radius 3 is 2.72 bits per heavy atom. The lowest BCUT2D eigenvalue weighted by Crippen LogP contribution is -2.21. The Morgan fingerprint density at radius 1 is 1.24 bits per heavy atom. The number of carbonyl (C=O) groups is 1. The molecule has 3 rings (SSSR count). The van der Waals surface area contributed by atoms with Gasteiger partial charge in [0, 0.05) is 26.4 Å². The second-order valence-electron chi connectivity index (χ2n) is 9.92. The van der Waals surface area contributed by atoms with Gasteiger partial charge in [-0.3, -0.25) is 4.79 Å². The van der Waals surface area contributed by atoms with Crippen molar-refractivity contribution in [3.8, 4) is 0 Å². The largest absolute Gasteiger partial charge is 0.392 e. The summed E-state index contributed by atoms with van der Waals surface area (Å²) < 4.78 is 0. The first-order chi connectivity index (χ1) is 13.9. The molecule has 0 aromatic rings. The van der Waals surface area contributed by atoms with Crippen LogP contribution in [0.4, 0.5) is 0 Å². The fourth-order valence-electron chi connectivity index (χ4n) is 5.74. The van der Waals surface area contributed by atoms with E-state index >= 15 is 0 Å². The van der Waals surface area contributed by atoms with Gasteiger partial charge in [-0.2, -0.15) is 0 Å².